The molecular weight excluding hydrogens is 296 g/mol. The fourth-order valence-electron chi connectivity index (χ4n) is 2.07. The number of hydrogen-bond donors (Lipinski definition) is 1. The van der Waals surface area contributed by atoms with Crippen molar-refractivity contribution in [3.05, 3.63) is 65.7 Å². The molecule has 0 bridgehead atoms. The summed E-state index contributed by atoms with van der Waals surface area (Å²) in [5.41, 5.74) is 1.69. The third-order valence-corrected chi connectivity index (χ3v) is 4.83. The summed E-state index contributed by atoms with van der Waals surface area (Å²) in [6, 6.07) is 16.6. The molecule has 4 nitrogen and oxygen atoms in total. The van der Waals surface area contributed by atoms with E-state index in [4.69, 9.17) is 0 Å². The van der Waals surface area contributed by atoms with Gasteiger partial charge in [-0.15, -0.1) is 0 Å². The minimum atomic E-state index is -3.73. The van der Waals surface area contributed by atoms with Gasteiger partial charge in [0.2, 0.25) is 10.0 Å². The smallest absolute Gasteiger partial charge is 0.207 e. The zero-order valence-electron chi connectivity index (χ0n) is 12.5. The number of nitrogens with one attached hydrogen (secondary N) is 1. The van der Waals surface area contributed by atoms with Crippen LogP contribution in [-0.2, 0) is 10.0 Å². The van der Waals surface area contributed by atoms with Crippen LogP contribution in [0.1, 0.15) is 36.9 Å². The normalized spacial score (nSPS) is 12.8. The number of sulfonamides is 1. The van der Waals surface area contributed by atoms with Crippen LogP contribution in [0.2, 0.25) is 0 Å². The molecule has 22 heavy (non-hydrogen) atoms. The average molecular weight is 314 g/mol. The SMILES string of the molecule is CC(C)c1ccc(S(=O)(=O)NC(C#N)c2ccccc2)cc1. The lowest BCUT2D eigenvalue weighted by Gasteiger charge is -2.13. The van der Waals surface area contributed by atoms with Crippen molar-refractivity contribution in [3.63, 3.8) is 0 Å². The van der Waals surface area contributed by atoms with E-state index < -0.39 is 16.1 Å². The number of hydrogen-bond acceptors (Lipinski definition) is 3. The standard InChI is InChI=1S/C17H18N2O2S/c1-13(2)14-8-10-16(11-9-14)22(20,21)19-17(12-18)15-6-4-3-5-7-15/h3-11,13,17,19H,1-2H3. The Morgan fingerprint density at radius 1 is 0.955 bits per heavy atom. The maximum Gasteiger partial charge on any atom is 0.241 e. The van der Waals surface area contributed by atoms with Crippen LogP contribution in [0.15, 0.2) is 59.5 Å². The summed E-state index contributed by atoms with van der Waals surface area (Å²) in [6.07, 6.45) is 0. The predicted octanol–water partition coefficient (Wildman–Crippen LogP) is 3.35. The minimum absolute atomic E-state index is 0.160. The first-order valence-corrected chi connectivity index (χ1v) is 8.49. The molecule has 2 aromatic rings. The van der Waals surface area contributed by atoms with Crippen LogP contribution in [0.5, 0.6) is 0 Å². The second-order valence-corrected chi connectivity index (χ2v) is 7.03. The van der Waals surface area contributed by atoms with Gasteiger partial charge in [0.15, 0.2) is 0 Å². The molecule has 2 aromatic carbocycles. The lowest BCUT2D eigenvalue weighted by atomic mass is 10.0. The maximum atomic E-state index is 12.4. The summed E-state index contributed by atoms with van der Waals surface area (Å²) in [7, 11) is -3.73. The first-order valence-electron chi connectivity index (χ1n) is 7.01. The molecule has 0 heterocycles. The highest BCUT2D eigenvalue weighted by molar-refractivity contribution is 7.89. The van der Waals surface area contributed by atoms with E-state index in [9.17, 15) is 13.7 Å². The van der Waals surface area contributed by atoms with E-state index in [0.29, 0.717) is 11.5 Å². The molecule has 0 saturated carbocycles. The van der Waals surface area contributed by atoms with Crippen LogP contribution in [0.3, 0.4) is 0 Å². The number of rotatable bonds is 5. The molecule has 1 unspecified atom stereocenters. The van der Waals surface area contributed by atoms with Crippen LogP contribution in [0.25, 0.3) is 0 Å². The highest BCUT2D eigenvalue weighted by Crippen LogP contribution is 2.19. The van der Waals surface area contributed by atoms with E-state index in [2.05, 4.69) is 4.72 Å². The van der Waals surface area contributed by atoms with Crippen LogP contribution in [0.4, 0.5) is 0 Å². The molecule has 5 heteroatoms. The first kappa shape index (κ1) is 16.2. The van der Waals surface area contributed by atoms with Crippen LogP contribution < -0.4 is 4.72 Å². The molecule has 0 fully saturated rings. The number of benzene rings is 2. The van der Waals surface area contributed by atoms with Crippen molar-refractivity contribution in [1.29, 1.82) is 5.26 Å². The van der Waals surface area contributed by atoms with E-state index in [1.165, 1.54) is 0 Å². The van der Waals surface area contributed by atoms with Gasteiger partial charge in [-0.05, 0) is 29.2 Å². The van der Waals surface area contributed by atoms with Gasteiger partial charge in [0, 0.05) is 0 Å². The molecule has 0 aliphatic rings. The molecule has 0 spiro atoms. The molecular formula is C17H18N2O2S. The van der Waals surface area contributed by atoms with Crippen LogP contribution in [0, 0.1) is 11.3 Å². The van der Waals surface area contributed by atoms with Gasteiger partial charge in [-0.2, -0.15) is 9.98 Å². The molecule has 0 aromatic heterocycles. The Morgan fingerprint density at radius 3 is 2.05 bits per heavy atom. The van der Waals surface area contributed by atoms with E-state index in [1.54, 1.807) is 48.5 Å². The highest BCUT2D eigenvalue weighted by Gasteiger charge is 2.21. The Balaban J connectivity index is 2.25. The molecule has 0 aliphatic heterocycles. The van der Waals surface area contributed by atoms with Crippen LogP contribution >= 0.6 is 0 Å². The Morgan fingerprint density at radius 2 is 1.55 bits per heavy atom. The first-order chi connectivity index (χ1) is 10.4. The van der Waals surface area contributed by atoms with Gasteiger partial charge < -0.3 is 0 Å². The molecule has 1 N–H and O–H groups in total. The van der Waals surface area contributed by atoms with Crippen molar-refractivity contribution < 1.29 is 8.42 Å². The zero-order valence-corrected chi connectivity index (χ0v) is 13.3. The van der Waals surface area contributed by atoms with Crippen molar-refractivity contribution in [2.24, 2.45) is 0 Å². The zero-order chi connectivity index (χ0) is 16.2. The molecule has 0 radical (unpaired) electrons. The summed E-state index contributed by atoms with van der Waals surface area (Å²) in [6.45, 7) is 4.09. The second kappa shape index (κ2) is 6.73. The average Bonchev–Trinajstić information content (AvgIpc) is 2.53. The quantitative estimate of drug-likeness (QED) is 0.920. The van der Waals surface area contributed by atoms with Crippen LogP contribution in [-0.4, -0.2) is 8.42 Å². The van der Waals surface area contributed by atoms with Gasteiger partial charge in [0.25, 0.3) is 0 Å². The van der Waals surface area contributed by atoms with Crippen molar-refractivity contribution in [3.8, 4) is 6.07 Å². The predicted molar refractivity (Wildman–Crippen MR) is 85.6 cm³/mol. The van der Waals surface area contributed by atoms with E-state index >= 15 is 0 Å². The summed E-state index contributed by atoms with van der Waals surface area (Å²) in [4.78, 5) is 0.160. The third kappa shape index (κ3) is 3.73. The topological polar surface area (TPSA) is 70.0 Å². The van der Waals surface area contributed by atoms with Gasteiger partial charge in [0.1, 0.15) is 6.04 Å². The number of nitrogens with zero attached hydrogens (tertiary/aromatic N) is 1. The lowest BCUT2D eigenvalue weighted by Crippen LogP contribution is -2.27. The monoisotopic (exact) mass is 314 g/mol. The highest BCUT2D eigenvalue weighted by atomic mass is 32.2. The maximum absolute atomic E-state index is 12.4. The van der Waals surface area contributed by atoms with Gasteiger partial charge in [-0.25, -0.2) is 8.42 Å². The third-order valence-electron chi connectivity index (χ3n) is 3.39. The fraction of sp³-hybridized carbons (Fsp3) is 0.235. The van der Waals surface area contributed by atoms with E-state index in [1.807, 2.05) is 26.0 Å². The van der Waals surface area contributed by atoms with Crippen molar-refractivity contribution in [1.82, 2.24) is 4.72 Å². The van der Waals surface area contributed by atoms with Gasteiger partial charge in [0.05, 0.1) is 11.0 Å². The Bertz CT molecular complexity index is 761. The van der Waals surface area contributed by atoms with Gasteiger partial charge in [-0.3, -0.25) is 0 Å². The van der Waals surface area contributed by atoms with E-state index in [-0.39, 0.29) is 4.90 Å². The molecule has 0 amide bonds. The Kier molecular flexibility index (Phi) is 4.96. The second-order valence-electron chi connectivity index (χ2n) is 5.32. The fourth-order valence-corrected chi connectivity index (χ4v) is 3.20. The largest absolute Gasteiger partial charge is 0.241 e. The molecule has 0 aliphatic carbocycles. The van der Waals surface area contributed by atoms with Gasteiger partial charge >= 0.3 is 0 Å². The Hall–Kier alpha value is -2.16. The minimum Gasteiger partial charge on any atom is -0.207 e. The summed E-state index contributed by atoms with van der Waals surface area (Å²) in [5.74, 6) is 0.334. The summed E-state index contributed by atoms with van der Waals surface area (Å²) in [5, 5.41) is 9.23. The van der Waals surface area contributed by atoms with Crippen molar-refractivity contribution >= 4 is 10.0 Å². The van der Waals surface area contributed by atoms with E-state index in [0.717, 1.165) is 5.56 Å². The molecule has 0 saturated heterocycles. The number of nitriles is 1. The summed E-state index contributed by atoms with van der Waals surface area (Å²) < 4.78 is 27.2. The molecule has 114 valence electrons. The van der Waals surface area contributed by atoms with Gasteiger partial charge in [-0.1, -0.05) is 56.3 Å². The summed E-state index contributed by atoms with van der Waals surface area (Å²) >= 11 is 0. The Labute approximate surface area is 131 Å². The lowest BCUT2D eigenvalue weighted by molar-refractivity contribution is 0.575. The van der Waals surface area contributed by atoms with Crippen molar-refractivity contribution in [2.75, 3.05) is 0 Å². The molecule has 2 rings (SSSR count). The molecule has 1 atom stereocenters. The van der Waals surface area contributed by atoms with Crippen molar-refractivity contribution in [2.45, 2.75) is 30.7 Å².